The molecular formula is C20H18ClF2N3O. The van der Waals surface area contributed by atoms with Crippen LogP contribution in [0, 0.1) is 11.6 Å². The van der Waals surface area contributed by atoms with Crippen LogP contribution in [0.15, 0.2) is 42.5 Å². The van der Waals surface area contributed by atoms with Gasteiger partial charge in [-0.3, -0.25) is 4.79 Å². The Morgan fingerprint density at radius 2 is 1.78 bits per heavy atom. The molecule has 2 N–H and O–H groups in total. The quantitative estimate of drug-likeness (QED) is 0.675. The highest BCUT2D eigenvalue weighted by Crippen LogP contribution is 2.23. The number of carbonyl (C=O) groups is 1. The molecule has 1 aliphatic heterocycles. The number of aromatic nitrogens is 1. The number of amides is 1. The Balaban J connectivity index is 1.39. The first-order valence-corrected chi connectivity index (χ1v) is 9.16. The molecule has 4 nitrogen and oxygen atoms in total. The number of rotatable bonds is 3. The SMILES string of the molecule is O=C(c1cc2cc(Cl)ccc2[nH]1)N1CCC(Nc2cc(F)cc(F)c2)CC1. The Kier molecular flexibility index (Phi) is 4.74. The molecule has 1 saturated heterocycles. The van der Waals surface area contributed by atoms with Crippen molar-refractivity contribution in [3.63, 3.8) is 0 Å². The van der Waals surface area contributed by atoms with Gasteiger partial charge in [-0.05, 0) is 49.2 Å². The van der Waals surface area contributed by atoms with Crippen molar-refractivity contribution in [3.8, 4) is 0 Å². The molecule has 3 aromatic rings. The highest BCUT2D eigenvalue weighted by Gasteiger charge is 2.24. The molecule has 0 spiro atoms. The van der Waals surface area contributed by atoms with Crippen molar-refractivity contribution in [2.75, 3.05) is 18.4 Å². The van der Waals surface area contributed by atoms with Crippen molar-refractivity contribution in [1.82, 2.24) is 9.88 Å². The van der Waals surface area contributed by atoms with E-state index < -0.39 is 11.6 Å². The molecule has 4 rings (SSSR count). The van der Waals surface area contributed by atoms with E-state index in [0.29, 0.717) is 42.3 Å². The first-order valence-electron chi connectivity index (χ1n) is 8.78. The van der Waals surface area contributed by atoms with E-state index in [4.69, 9.17) is 11.6 Å². The van der Waals surface area contributed by atoms with Crippen molar-refractivity contribution in [1.29, 1.82) is 0 Å². The van der Waals surface area contributed by atoms with E-state index in [0.717, 1.165) is 17.0 Å². The highest BCUT2D eigenvalue weighted by molar-refractivity contribution is 6.31. The van der Waals surface area contributed by atoms with Crippen LogP contribution in [0.1, 0.15) is 23.3 Å². The first kappa shape index (κ1) is 17.8. The summed E-state index contributed by atoms with van der Waals surface area (Å²) in [5, 5.41) is 4.67. The average molecular weight is 390 g/mol. The lowest BCUT2D eigenvalue weighted by Crippen LogP contribution is -2.42. The van der Waals surface area contributed by atoms with Gasteiger partial charge in [0.15, 0.2) is 0 Å². The summed E-state index contributed by atoms with van der Waals surface area (Å²) in [6.07, 6.45) is 1.41. The van der Waals surface area contributed by atoms with E-state index >= 15 is 0 Å². The second-order valence-electron chi connectivity index (χ2n) is 6.78. The third-order valence-corrected chi connectivity index (χ3v) is 5.06. The van der Waals surface area contributed by atoms with Crippen LogP contribution in [-0.4, -0.2) is 34.9 Å². The zero-order valence-corrected chi connectivity index (χ0v) is 15.2. The smallest absolute Gasteiger partial charge is 0.270 e. The van der Waals surface area contributed by atoms with Crippen LogP contribution in [-0.2, 0) is 0 Å². The molecule has 2 heterocycles. The number of hydrogen-bond donors (Lipinski definition) is 2. The Labute approximate surface area is 160 Å². The average Bonchev–Trinajstić information content (AvgIpc) is 3.04. The van der Waals surface area contributed by atoms with E-state index in [1.165, 1.54) is 12.1 Å². The number of hydrogen-bond acceptors (Lipinski definition) is 2. The second-order valence-corrected chi connectivity index (χ2v) is 7.22. The molecule has 0 atom stereocenters. The number of nitrogens with one attached hydrogen (secondary N) is 2. The summed E-state index contributed by atoms with van der Waals surface area (Å²) in [7, 11) is 0. The molecule has 1 aromatic heterocycles. The summed E-state index contributed by atoms with van der Waals surface area (Å²) in [4.78, 5) is 17.7. The maximum Gasteiger partial charge on any atom is 0.270 e. The highest BCUT2D eigenvalue weighted by atomic mass is 35.5. The predicted octanol–water partition coefficient (Wildman–Crippen LogP) is 4.82. The first-order chi connectivity index (χ1) is 13.0. The molecule has 1 fully saturated rings. The number of likely N-dealkylation sites (tertiary alicyclic amines) is 1. The molecule has 0 saturated carbocycles. The number of piperidine rings is 1. The van der Waals surface area contributed by atoms with Gasteiger partial charge in [-0.25, -0.2) is 8.78 Å². The molecule has 1 amide bonds. The normalized spacial score (nSPS) is 15.3. The summed E-state index contributed by atoms with van der Waals surface area (Å²) in [6.45, 7) is 1.15. The lowest BCUT2D eigenvalue weighted by Gasteiger charge is -2.32. The number of fused-ring (bicyclic) bond motifs is 1. The standard InChI is InChI=1S/C20H18ClF2N3O/c21-13-1-2-18-12(7-13)8-19(25-18)20(27)26-5-3-16(4-6-26)24-17-10-14(22)9-15(23)11-17/h1-2,7-11,16,24-25H,3-6H2. The van der Waals surface area contributed by atoms with E-state index in [-0.39, 0.29) is 11.9 Å². The number of benzene rings is 2. The van der Waals surface area contributed by atoms with Crippen LogP contribution in [0.2, 0.25) is 5.02 Å². The molecule has 0 aliphatic carbocycles. The van der Waals surface area contributed by atoms with Gasteiger partial charge in [-0.2, -0.15) is 0 Å². The van der Waals surface area contributed by atoms with Gasteiger partial charge >= 0.3 is 0 Å². The fraction of sp³-hybridized carbons (Fsp3) is 0.250. The summed E-state index contributed by atoms with van der Waals surface area (Å²) >= 11 is 6.00. The maximum atomic E-state index is 13.3. The van der Waals surface area contributed by atoms with E-state index in [1.807, 2.05) is 18.2 Å². The Hall–Kier alpha value is -2.60. The number of carbonyl (C=O) groups excluding carboxylic acids is 1. The van der Waals surface area contributed by atoms with Crippen LogP contribution in [0.25, 0.3) is 10.9 Å². The molecule has 2 aromatic carbocycles. The van der Waals surface area contributed by atoms with Gasteiger partial charge in [0.25, 0.3) is 5.91 Å². The monoisotopic (exact) mass is 389 g/mol. The summed E-state index contributed by atoms with van der Waals surface area (Å²) in [5.41, 5.74) is 1.82. The van der Waals surface area contributed by atoms with Gasteiger partial charge in [0.05, 0.1) is 0 Å². The Morgan fingerprint density at radius 3 is 2.48 bits per heavy atom. The van der Waals surface area contributed by atoms with Crippen LogP contribution in [0.4, 0.5) is 14.5 Å². The number of anilines is 1. The number of halogens is 3. The molecule has 7 heteroatoms. The largest absolute Gasteiger partial charge is 0.382 e. The van der Waals surface area contributed by atoms with Gasteiger partial charge in [0.2, 0.25) is 0 Å². The van der Waals surface area contributed by atoms with Gasteiger partial charge in [-0.1, -0.05) is 11.6 Å². The van der Waals surface area contributed by atoms with Gasteiger partial charge < -0.3 is 15.2 Å². The van der Waals surface area contributed by atoms with Crippen molar-refractivity contribution >= 4 is 34.1 Å². The van der Waals surface area contributed by atoms with Crippen LogP contribution in [0.3, 0.4) is 0 Å². The van der Waals surface area contributed by atoms with E-state index in [9.17, 15) is 13.6 Å². The summed E-state index contributed by atoms with van der Waals surface area (Å²) in [5.74, 6) is -1.27. The number of nitrogens with zero attached hydrogens (tertiary/aromatic N) is 1. The van der Waals surface area contributed by atoms with Crippen molar-refractivity contribution in [2.24, 2.45) is 0 Å². The molecule has 1 aliphatic rings. The van der Waals surface area contributed by atoms with Crippen LogP contribution >= 0.6 is 11.6 Å². The minimum Gasteiger partial charge on any atom is -0.382 e. The molecular weight excluding hydrogens is 372 g/mol. The van der Waals surface area contributed by atoms with E-state index in [2.05, 4.69) is 10.3 Å². The van der Waals surface area contributed by atoms with Crippen molar-refractivity contribution < 1.29 is 13.6 Å². The van der Waals surface area contributed by atoms with E-state index in [1.54, 1.807) is 11.0 Å². The molecule has 0 radical (unpaired) electrons. The maximum absolute atomic E-state index is 13.3. The molecule has 140 valence electrons. The molecule has 27 heavy (non-hydrogen) atoms. The number of H-pyrrole nitrogens is 1. The predicted molar refractivity (Wildman–Crippen MR) is 102 cm³/mol. The van der Waals surface area contributed by atoms with Crippen molar-refractivity contribution in [2.45, 2.75) is 18.9 Å². The second kappa shape index (κ2) is 7.19. The Morgan fingerprint density at radius 1 is 1.07 bits per heavy atom. The lowest BCUT2D eigenvalue weighted by molar-refractivity contribution is 0.0713. The molecule has 0 unspecified atom stereocenters. The topological polar surface area (TPSA) is 48.1 Å². The van der Waals surface area contributed by atoms with Crippen molar-refractivity contribution in [3.05, 3.63) is 64.8 Å². The zero-order valence-electron chi connectivity index (χ0n) is 14.4. The van der Waals surface area contributed by atoms with Gasteiger partial charge in [-0.15, -0.1) is 0 Å². The summed E-state index contributed by atoms with van der Waals surface area (Å²) < 4.78 is 26.6. The Bertz CT molecular complexity index is 976. The summed E-state index contributed by atoms with van der Waals surface area (Å²) in [6, 6.07) is 10.7. The number of aromatic amines is 1. The molecule has 0 bridgehead atoms. The van der Waals surface area contributed by atoms with Gasteiger partial charge in [0.1, 0.15) is 17.3 Å². The lowest BCUT2D eigenvalue weighted by atomic mass is 10.0. The minimum atomic E-state index is -0.607. The zero-order chi connectivity index (χ0) is 19.0. The fourth-order valence-electron chi connectivity index (χ4n) is 3.49. The minimum absolute atomic E-state index is 0.0578. The van der Waals surface area contributed by atoms with Crippen LogP contribution in [0.5, 0.6) is 0 Å². The third-order valence-electron chi connectivity index (χ3n) is 4.83. The van der Waals surface area contributed by atoms with Gasteiger partial charge in [0, 0.05) is 46.8 Å². The third kappa shape index (κ3) is 3.90. The fourth-order valence-corrected chi connectivity index (χ4v) is 3.67. The van der Waals surface area contributed by atoms with Crippen LogP contribution < -0.4 is 5.32 Å².